The fraction of sp³-hybridized carbons (Fsp3) is 0.353. The summed E-state index contributed by atoms with van der Waals surface area (Å²) in [6.45, 7) is 0.846. The van der Waals surface area contributed by atoms with Crippen LogP contribution in [0.5, 0.6) is 5.75 Å². The quantitative estimate of drug-likeness (QED) is 0.785. The van der Waals surface area contributed by atoms with Gasteiger partial charge < -0.3 is 9.67 Å². The first-order valence-corrected chi connectivity index (χ1v) is 7.19. The van der Waals surface area contributed by atoms with Crippen LogP contribution < -0.4 is 5.43 Å². The van der Waals surface area contributed by atoms with E-state index in [0.29, 0.717) is 0 Å². The standard InChI is InChI=1S/C17H21NO2/c19-16-11-13-18(14-17(16)20)12-7-2-1-4-8-15-9-5-3-6-10-15/h3,5-6,9-11,13-14,20H,1-2,4,7-8,12H2. The predicted molar refractivity (Wildman–Crippen MR) is 81.0 cm³/mol. The molecule has 0 radical (unpaired) electrons. The number of rotatable bonds is 7. The van der Waals surface area contributed by atoms with Crippen molar-refractivity contribution < 1.29 is 5.11 Å². The van der Waals surface area contributed by atoms with Gasteiger partial charge in [-0.3, -0.25) is 4.79 Å². The van der Waals surface area contributed by atoms with Crippen LogP contribution in [0.3, 0.4) is 0 Å². The van der Waals surface area contributed by atoms with Gasteiger partial charge in [0.05, 0.1) is 0 Å². The van der Waals surface area contributed by atoms with Gasteiger partial charge in [0.1, 0.15) is 0 Å². The zero-order valence-corrected chi connectivity index (χ0v) is 11.7. The van der Waals surface area contributed by atoms with Crippen LogP contribution >= 0.6 is 0 Å². The summed E-state index contributed by atoms with van der Waals surface area (Å²) in [6.07, 6.45) is 9.02. The minimum absolute atomic E-state index is 0.170. The maximum Gasteiger partial charge on any atom is 0.223 e. The molecule has 20 heavy (non-hydrogen) atoms. The van der Waals surface area contributed by atoms with Crippen LogP contribution in [0.1, 0.15) is 31.2 Å². The number of pyridine rings is 1. The highest BCUT2D eigenvalue weighted by molar-refractivity contribution is 5.15. The van der Waals surface area contributed by atoms with Crippen LogP contribution in [-0.2, 0) is 13.0 Å². The van der Waals surface area contributed by atoms with E-state index in [1.54, 1.807) is 6.20 Å². The van der Waals surface area contributed by atoms with Crippen LogP contribution in [0.25, 0.3) is 0 Å². The lowest BCUT2D eigenvalue weighted by Gasteiger charge is -2.06. The average Bonchev–Trinajstić information content (AvgIpc) is 2.47. The Morgan fingerprint density at radius 1 is 0.950 bits per heavy atom. The lowest BCUT2D eigenvalue weighted by molar-refractivity contribution is 0.457. The molecular weight excluding hydrogens is 250 g/mol. The third-order valence-electron chi connectivity index (χ3n) is 3.43. The first-order valence-electron chi connectivity index (χ1n) is 7.19. The number of aryl methyl sites for hydroxylation is 2. The number of hydrogen-bond donors (Lipinski definition) is 1. The summed E-state index contributed by atoms with van der Waals surface area (Å²) in [7, 11) is 0. The maximum absolute atomic E-state index is 11.1. The van der Waals surface area contributed by atoms with Crippen LogP contribution in [0.15, 0.2) is 53.6 Å². The molecule has 0 bridgehead atoms. The van der Waals surface area contributed by atoms with Crippen LogP contribution in [0.4, 0.5) is 0 Å². The van der Waals surface area contributed by atoms with E-state index in [9.17, 15) is 9.90 Å². The van der Waals surface area contributed by atoms with E-state index in [2.05, 4.69) is 24.3 Å². The van der Waals surface area contributed by atoms with Gasteiger partial charge in [0.15, 0.2) is 5.75 Å². The molecular formula is C17H21NO2. The van der Waals surface area contributed by atoms with Gasteiger partial charge in [-0.05, 0) is 24.8 Å². The van der Waals surface area contributed by atoms with Crippen molar-refractivity contribution in [2.75, 3.05) is 0 Å². The molecule has 0 fully saturated rings. The molecule has 0 spiro atoms. The number of benzene rings is 1. The number of aromatic hydroxyl groups is 1. The second-order valence-electron chi connectivity index (χ2n) is 5.08. The Kier molecular flexibility index (Phi) is 5.42. The minimum atomic E-state index is -0.316. The molecule has 3 nitrogen and oxygen atoms in total. The number of aromatic nitrogens is 1. The fourth-order valence-electron chi connectivity index (χ4n) is 2.27. The largest absolute Gasteiger partial charge is 0.503 e. The molecule has 0 aliphatic heterocycles. The van der Waals surface area contributed by atoms with Crippen molar-refractivity contribution in [3.8, 4) is 5.75 Å². The summed E-state index contributed by atoms with van der Waals surface area (Å²) in [5.74, 6) is -0.170. The summed E-state index contributed by atoms with van der Waals surface area (Å²) >= 11 is 0. The number of unbranched alkanes of at least 4 members (excludes halogenated alkanes) is 3. The zero-order valence-electron chi connectivity index (χ0n) is 11.7. The first kappa shape index (κ1) is 14.4. The molecule has 1 aromatic carbocycles. The summed E-state index contributed by atoms with van der Waals surface area (Å²) in [6, 6.07) is 12.0. The van der Waals surface area contributed by atoms with E-state index in [4.69, 9.17) is 0 Å². The van der Waals surface area contributed by atoms with Crippen molar-refractivity contribution in [2.24, 2.45) is 0 Å². The molecule has 0 amide bonds. The Hall–Kier alpha value is -2.03. The molecule has 0 atom stereocenters. The molecule has 2 rings (SSSR count). The van der Waals surface area contributed by atoms with Gasteiger partial charge in [-0.15, -0.1) is 0 Å². The van der Waals surface area contributed by atoms with Crippen molar-refractivity contribution in [1.29, 1.82) is 0 Å². The monoisotopic (exact) mass is 271 g/mol. The molecule has 2 aromatic rings. The summed E-state index contributed by atoms with van der Waals surface area (Å²) in [5.41, 5.74) is 1.09. The van der Waals surface area contributed by atoms with Gasteiger partial charge in [-0.1, -0.05) is 43.2 Å². The third kappa shape index (κ3) is 4.57. The van der Waals surface area contributed by atoms with Crippen molar-refractivity contribution >= 4 is 0 Å². The van der Waals surface area contributed by atoms with E-state index in [1.165, 1.54) is 37.1 Å². The molecule has 0 saturated carbocycles. The second kappa shape index (κ2) is 7.53. The third-order valence-corrected chi connectivity index (χ3v) is 3.43. The molecule has 0 saturated heterocycles. The van der Waals surface area contributed by atoms with E-state index >= 15 is 0 Å². The zero-order chi connectivity index (χ0) is 14.2. The van der Waals surface area contributed by atoms with E-state index in [1.807, 2.05) is 10.6 Å². The second-order valence-corrected chi connectivity index (χ2v) is 5.08. The number of hydrogen-bond acceptors (Lipinski definition) is 2. The molecule has 0 aliphatic rings. The van der Waals surface area contributed by atoms with Gasteiger partial charge in [-0.25, -0.2) is 0 Å². The minimum Gasteiger partial charge on any atom is -0.503 e. The molecule has 1 aromatic heterocycles. The van der Waals surface area contributed by atoms with Crippen molar-refractivity contribution in [3.05, 3.63) is 64.6 Å². The van der Waals surface area contributed by atoms with Crippen molar-refractivity contribution in [3.63, 3.8) is 0 Å². The SMILES string of the molecule is O=c1ccn(CCCCCCc2ccccc2)cc1O. The molecule has 3 heteroatoms. The van der Waals surface area contributed by atoms with Crippen LogP contribution in [-0.4, -0.2) is 9.67 Å². The maximum atomic E-state index is 11.1. The highest BCUT2D eigenvalue weighted by atomic mass is 16.3. The predicted octanol–water partition coefficient (Wildman–Crippen LogP) is 3.36. The Balaban J connectivity index is 1.62. The molecule has 106 valence electrons. The molecule has 1 heterocycles. The van der Waals surface area contributed by atoms with Crippen LogP contribution in [0.2, 0.25) is 0 Å². The Labute approximate surface area is 119 Å². The fourth-order valence-corrected chi connectivity index (χ4v) is 2.27. The lowest BCUT2D eigenvalue weighted by atomic mass is 10.1. The van der Waals surface area contributed by atoms with Gasteiger partial charge in [0.25, 0.3) is 0 Å². The van der Waals surface area contributed by atoms with Gasteiger partial charge in [-0.2, -0.15) is 0 Å². The van der Waals surface area contributed by atoms with E-state index in [-0.39, 0.29) is 11.2 Å². The number of nitrogens with zero attached hydrogens (tertiary/aromatic N) is 1. The first-order chi connectivity index (χ1) is 9.75. The Bertz CT molecular complexity index is 575. The topological polar surface area (TPSA) is 42.2 Å². The average molecular weight is 271 g/mol. The van der Waals surface area contributed by atoms with Gasteiger partial charge >= 0.3 is 0 Å². The Morgan fingerprint density at radius 3 is 2.45 bits per heavy atom. The van der Waals surface area contributed by atoms with Gasteiger partial charge in [0, 0.05) is 25.0 Å². The normalized spacial score (nSPS) is 10.6. The lowest BCUT2D eigenvalue weighted by Crippen LogP contribution is -2.05. The van der Waals surface area contributed by atoms with Crippen molar-refractivity contribution in [2.45, 2.75) is 38.6 Å². The van der Waals surface area contributed by atoms with E-state index < -0.39 is 0 Å². The highest BCUT2D eigenvalue weighted by Gasteiger charge is 1.97. The van der Waals surface area contributed by atoms with Gasteiger partial charge in [0.2, 0.25) is 5.43 Å². The highest BCUT2D eigenvalue weighted by Crippen LogP contribution is 2.09. The Morgan fingerprint density at radius 2 is 1.70 bits per heavy atom. The molecule has 0 unspecified atom stereocenters. The summed E-state index contributed by atoms with van der Waals surface area (Å²) < 4.78 is 1.87. The van der Waals surface area contributed by atoms with Crippen molar-refractivity contribution in [1.82, 2.24) is 4.57 Å². The molecule has 1 N–H and O–H groups in total. The smallest absolute Gasteiger partial charge is 0.223 e. The molecule has 0 aliphatic carbocycles. The van der Waals surface area contributed by atoms with Crippen LogP contribution in [0, 0.1) is 0 Å². The van der Waals surface area contributed by atoms with E-state index in [0.717, 1.165) is 19.4 Å². The summed E-state index contributed by atoms with van der Waals surface area (Å²) in [5, 5.41) is 9.33. The summed E-state index contributed by atoms with van der Waals surface area (Å²) in [4.78, 5) is 11.1.